The van der Waals surface area contributed by atoms with Crippen LogP contribution in [0.2, 0.25) is 0 Å². The molecule has 3 rings (SSSR count). The van der Waals surface area contributed by atoms with Crippen molar-refractivity contribution in [3.63, 3.8) is 0 Å². The molecule has 228 valence electrons. The standard InChI is InChI=1S/C31H43N5O6/c1-30(2,3)41-33-24(17-22-13-9-7-10-14-22)26(37)28(39)35-19-32-20-36(21-35)29(40)27(38)25(34-42-31(4,5)6)18-23-15-11-8-12-16-23/h7-16,24-25,32-34H,17-21H2,1-6H3/t24-,25-/m0/s1. The zero-order valence-corrected chi connectivity index (χ0v) is 25.3. The van der Waals surface area contributed by atoms with E-state index in [1.165, 1.54) is 9.80 Å². The number of nitrogens with zero attached hydrogens (tertiary/aromatic N) is 2. The molecule has 2 amide bonds. The lowest BCUT2D eigenvalue weighted by Gasteiger charge is -2.36. The van der Waals surface area contributed by atoms with Gasteiger partial charge in [0.05, 0.1) is 31.2 Å². The van der Waals surface area contributed by atoms with E-state index in [1.54, 1.807) is 0 Å². The summed E-state index contributed by atoms with van der Waals surface area (Å²) in [6.45, 7) is 10.8. The number of amides is 2. The molecule has 0 aliphatic carbocycles. The molecule has 11 nitrogen and oxygen atoms in total. The Balaban J connectivity index is 1.71. The summed E-state index contributed by atoms with van der Waals surface area (Å²) in [6, 6.07) is 16.7. The molecule has 2 aromatic carbocycles. The van der Waals surface area contributed by atoms with Crippen molar-refractivity contribution in [1.82, 2.24) is 26.1 Å². The van der Waals surface area contributed by atoms with Crippen LogP contribution in [0.4, 0.5) is 0 Å². The molecule has 0 unspecified atom stereocenters. The molecule has 0 aromatic heterocycles. The summed E-state index contributed by atoms with van der Waals surface area (Å²) >= 11 is 0. The first-order valence-electron chi connectivity index (χ1n) is 14.1. The van der Waals surface area contributed by atoms with Crippen LogP contribution >= 0.6 is 0 Å². The lowest BCUT2D eigenvalue weighted by Crippen LogP contribution is -2.61. The Hall–Kier alpha value is -3.48. The van der Waals surface area contributed by atoms with Gasteiger partial charge >= 0.3 is 0 Å². The average Bonchev–Trinajstić information content (AvgIpc) is 2.96. The number of carbonyl (C=O) groups excluding carboxylic acids is 4. The second-order valence-electron chi connectivity index (χ2n) is 12.3. The third-order valence-corrected chi connectivity index (χ3v) is 6.16. The zero-order chi connectivity index (χ0) is 30.9. The largest absolute Gasteiger partial charge is 0.305 e. The lowest BCUT2D eigenvalue weighted by atomic mass is 10.0. The molecule has 3 N–H and O–H groups in total. The van der Waals surface area contributed by atoms with Gasteiger partial charge in [0.1, 0.15) is 12.1 Å². The highest BCUT2D eigenvalue weighted by Gasteiger charge is 2.37. The van der Waals surface area contributed by atoms with Crippen LogP contribution in [0.3, 0.4) is 0 Å². The molecule has 0 saturated carbocycles. The van der Waals surface area contributed by atoms with Crippen molar-refractivity contribution in [2.45, 2.75) is 77.7 Å². The van der Waals surface area contributed by atoms with E-state index >= 15 is 0 Å². The molecule has 0 spiro atoms. The van der Waals surface area contributed by atoms with Gasteiger partial charge in [-0.3, -0.25) is 34.2 Å². The molecule has 1 aliphatic rings. The maximum atomic E-state index is 13.4. The molecule has 0 bridgehead atoms. The van der Waals surface area contributed by atoms with Gasteiger partial charge in [0.25, 0.3) is 11.8 Å². The van der Waals surface area contributed by atoms with Crippen LogP contribution in [-0.4, -0.2) is 76.5 Å². The Bertz CT molecular complexity index is 1120. The van der Waals surface area contributed by atoms with Gasteiger partial charge in [-0.1, -0.05) is 60.7 Å². The molecule has 2 aromatic rings. The molecule has 2 atom stereocenters. The predicted octanol–water partition coefficient (Wildman–Crippen LogP) is 2.12. The van der Waals surface area contributed by atoms with Crippen molar-refractivity contribution in [1.29, 1.82) is 0 Å². The van der Waals surface area contributed by atoms with E-state index in [1.807, 2.05) is 102 Å². The number of nitrogens with one attached hydrogen (secondary N) is 3. The summed E-state index contributed by atoms with van der Waals surface area (Å²) in [4.78, 5) is 67.3. The minimum atomic E-state index is -0.958. The first kappa shape index (κ1) is 33.0. The predicted molar refractivity (Wildman–Crippen MR) is 157 cm³/mol. The van der Waals surface area contributed by atoms with Crippen molar-refractivity contribution in [3.8, 4) is 0 Å². The average molecular weight is 582 g/mol. The highest BCUT2D eigenvalue weighted by atomic mass is 16.7. The van der Waals surface area contributed by atoms with E-state index in [0.717, 1.165) is 11.1 Å². The molecule has 11 heteroatoms. The molecule has 1 fully saturated rings. The van der Waals surface area contributed by atoms with Crippen LogP contribution in [0.5, 0.6) is 0 Å². The number of ketones is 2. The van der Waals surface area contributed by atoms with Crippen molar-refractivity contribution in [2.75, 3.05) is 20.0 Å². The molecule has 1 heterocycles. The van der Waals surface area contributed by atoms with Crippen molar-refractivity contribution < 1.29 is 28.9 Å². The molecule has 1 saturated heterocycles. The molecule has 42 heavy (non-hydrogen) atoms. The number of benzene rings is 2. The third kappa shape index (κ3) is 10.4. The van der Waals surface area contributed by atoms with Gasteiger partial charge in [0.2, 0.25) is 11.6 Å². The van der Waals surface area contributed by atoms with Crippen LogP contribution in [0.1, 0.15) is 52.7 Å². The van der Waals surface area contributed by atoms with Gasteiger partial charge in [0, 0.05) is 0 Å². The van der Waals surface area contributed by atoms with Gasteiger partial charge in [-0.05, 0) is 65.5 Å². The Morgan fingerprint density at radius 3 is 1.38 bits per heavy atom. The summed E-state index contributed by atoms with van der Waals surface area (Å²) < 4.78 is 0. The first-order chi connectivity index (χ1) is 19.7. The maximum Gasteiger partial charge on any atom is 0.294 e. The Labute approximate surface area is 247 Å². The van der Waals surface area contributed by atoms with Gasteiger partial charge in [-0.25, -0.2) is 0 Å². The fraction of sp³-hybridized carbons (Fsp3) is 0.484. The second-order valence-corrected chi connectivity index (χ2v) is 12.3. The van der Waals surface area contributed by atoms with E-state index < -0.39 is 46.7 Å². The number of carbonyl (C=O) groups is 4. The fourth-order valence-corrected chi connectivity index (χ4v) is 4.08. The van der Waals surface area contributed by atoms with E-state index in [9.17, 15) is 19.2 Å². The Morgan fingerprint density at radius 1 is 0.690 bits per heavy atom. The monoisotopic (exact) mass is 581 g/mol. The van der Waals surface area contributed by atoms with Crippen LogP contribution in [0, 0.1) is 0 Å². The maximum absolute atomic E-state index is 13.4. The topological polar surface area (TPSA) is 129 Å². The first-order valence-corrected chi connectivity index (χ1v) is 14.1. The number of rotatable bonds is 12. The summed E-state index contributed by atoms with van der Waals surface area (Å²) in [5, 5.41) is 2.95. The highest BCUT2D eigenvalue weighted by Crippen LogP contribution is 2.13. The van der Waals surface area contributed by atoms with Gasteiger partial charge in [-0.15, -0.1) is 0 Å². The van der Waals surface area contributed by atoms with E-state index in [0.29, 0.717) is 0 Å². The molecule has 1 aliphatic heterocycles. The van der Waals surface area contributed by atoms with Gasteiger partial charge in [-0.2, -0.15) is 11.0 Å². The Morgan fingerprint density at radius 2 is 1.05 bits per heavy atom. The van der Waals surface area contributed by atoms with Gasteiger partial charge < -0.3 is 9.80 Å². The molecule has 0 radical (unpaired) electrons. The molecular weight excluding hydrogens is 538 g/mol. The van der Waals surface area contributed by atoms with E-state index in [2.05, 4.69) is 16.3 Å². The van der Waals surface area contributed by atoms with E-state index in [-0.39, 0.29) is 32.8 Å². The van der Waals surface area contributed by atoms with Crippen molar-refractivity contribution in [3.05, 3.63) is 71.8 Å². The summed E-state index contributed by atoms with van der Waals surface area (Å²) in [7, 11) is 0. The quantitative estimate of drug-likeness (QED) is 0.255. The number of Topliss-reactive ketones (excluding diaryl/α,β-unsaturated/α-hetero) is 2. The minimum Gasteiger partial charge on any atom is -0.305 e. The van der Waals surface area contributed by atoms with Gasteiger partial charge in [0.15, 0.2) is 0 Å². The van der Waals surface area contributed by atoms with Crippen LogP contribution in [-0.2, 0) is 41.7 Å². The Kier molecular flexibility index (Phi) is 11.5. The smallest absolute Gasteiger partial charge is 0.294 e. The van der Waals surface area contributed by atoms with Crippen molar-refractivity contribution in [2.24, 2.45) is 0 Å². The highest BCUT2D eigenvalue weighted by molar-refractivity contribution is 6.39. The van der Waals surface area contributed by atoms with Crippen LogP contribution < -0.4 is 16.3 Å². The second kappa shape index (κ2) is 14.6. The normalized spacial score (nSPS) is 15.7. The minimum absolute atomic E-state index is 0.0412. The van der Waals surface area contributed by atoms with Crippen molar-refractivity contribution >= 4 is 23.4 Å². The van der Waals surface area contributed by atoms with Crippen LogP contribution in [0.25, 0.3) is 0 Å². The third-order valence-electron chi connectivity index (χ3n) is 6.16. The van der Waals surface area contributed by atoms with Crippen LogP contribution in [0.15, 0.2) is 60.7 Å². The fourth-order valence-electron chi connectivity index (χ4n) is 4.08. The lowest BCUT2D eigenvalue weighted by molar-refractivity contribution is -0.159. The number of hydrogen-bond acceptors (Lipinski definition) is 9. The molecular formula is C31H43N5O6. The summed E-state index contributed by atoms with van der Waals surface area (Å²) in [5.74, 6) is -3.03. The van der Waals surface area contributed by atoms with E-state index in [4.69, 9.17) is 9.68 Å². The summed E-state index contributed by atoms with van der Waals surface area (Å²) in [5.41, 5.74) is 6.04. The number of hydroxylamine groups is 2. The summed E-state index contributed by atoms with van der Waals surface area (Å²) in [6.07, 6.45) is 0.453. The zero-order valence-electron chi connectivity index (χ0n) is 25.3. The SMILES string of the molecule is CC(C)(C)ON[C@@H](Cc1ccccc1)C(=O)C(=O)N1CNCN(C(=O)C(=O)[C@H](Cc2ccccc2)NOC(C)(C)C)C1. The number of hydrogen-bond donors (Lipinski definition) is 3.